The summed E-state index contributed by atoms with van der Waals surface area (Å²) >= 11 is 0. The average molecular weight is 271 g/mol. The molecule has 0 saturated carbocycles. The number of carbonyl (C=O) groups excluding carboxylic acids is 2. The summed E-state index contributed by atoms with van der Waals surface area (Å²) in [6.45, 7) is 8.96. The minimum atomic E-state index is -0.0968. The maximum atomic E-state index is 12.2. The van der Waals surface area contributed by atoms with Crippen molar-refractivity contribution in [3.05, 3.63) is 0 Å². The van der Waals surface area contributed by atoms with Crippen molar-refractivity contribution in [1.29, 1.82) is 0 Å². The molecule has 2 amide bonds. The van der Waals surface area contributed by atoms with Gasteiger partial charge in [-0.2, -0.15) is 0 Å². The van der Waals surface area contributed by atoms with Crippen molar-refractivity contribution in [1.82, 2.24) is 10.2 Å². The quantitative estimate of drug-likeness (QED) is 0.660. The number of nitrogens with zero attached hydrogens (tertiary/aromatic N) is 1. The van der Waals surface area contributed by atoms with Gasteiger partial charge in [-0.25, -0.2) is 0 Å². The van der Waals surface area contributed by atoms with Crippen LogP contribution < -0.4 is 11.1 Å². The first kappa shape index (κ1) is 17.9. The molecular weight excluding hydrogens is 242 g/mol. The van der Waals surface area contributed by atoms with Crippen molar-refractivity contribution in [2.45, 2.75) is 53.0 Å². The Kier molecular flexibility index (Phi) is 9.21. The van der Waals surface area contributed by atoms with Crippen molar-refractivity contribution in [2.24, 2.45) is 11.7 Å². The lowest BCUT2D eigenvalue weighted by atomic mass is 10.0. The smallest absolute Gasteiger partial charge is 0.239 e. The predicted molar refractivity (Wildman–Crippen MR) is 77.6 cm³/mol. The number of nitrogens with two attached hydrogens (primary N) is 1. The van der Waals surface area contributed by atoms with E-state index in [1.54, 1.807) is 4.90 Å². The second kappa shape index (κ2) is 9.78. The molecule has 0 saturated heterocycles. The van der Waals surface area contributed by atoms with Crippen LogP contribution in [0.2, 0.25) is 0 Å². The largest absolute Gasteiger partial charge is 0.355 e. The van der Waals surface area contributed by atoms with Gasteiger partial charge >= 0.3 is 0 Å². The third-order valence-corrected chi connectivity index (χ3v) is 3.12. The number of hydrogen-bond acceptors (Lipinski definition) is 3. The Morgan fingerprint density at radius 3 is 2.32 bits per heavy atom. The molecule has 0 rings (SSSR count). The maximum absolute atomic E-state index is 12.2. The number of rotatable bonds is 9. The molecule has 0 aliphatic heterocycles. The molecule has 0 aliphatic rings. The second-order valence-electron chi connectivity index (χ2n) is 5.12. The van der Waals surface area contributed by atoms with E-state index in [1.165, 1.54) is 0 Å². The zero-order valence-corrected chi connectivity index (χ0v) is 12.7. The van der Waals surface area contributed by atoms with Crippen LogP contribution in [-0.4, -0.2) is 42.4 Å². The highest BCUT2D eigenvalue weighted by Gasteiger charge is 2.20. The fraction of sp³-hybridized carbons (Fsp3) is 0.857. The SMILES string of the molecule is CCNC(=O)CN(CC)C(=O)C(C)CCCC(C)N. The van der Waals surface area contributed by atoms with Gasteiger partial charge in [-0.3, -0.25) is 9.59 Å². The molecule has 0 fully saturated rings. The Balaban J connectivity index is 4.21. The van der Waals surface area contributed by atoms with Gasteiger partial charge < -0.3 is 16.0 Å². The highest BCUT2D eigenvalue weighted by Crippen LogP contribution is 2.12. The Hall–Kier alpha value is -1.10. The summed E-state index contributed by atoms with van der Waals surface area (Å²) in [5.41, 5.74) is 5.69. The number of likely N-dealkylation sites (N-methyl/N-ethyl adjacent to an activating group) is 2. The van der Waals surface area contributed by atoms with E-state index in [1.807, 2.05) is 27.7 Å². The van der Waals surface area contributed by atoms with E-state index < -0.39 is 0 Å². The van der Waals surface area contributed by atoms with Gasteiger partial charge in [0.1, 0.15) is 0 Å². The number of carbonyl (C=O) groups is 2. The molecule has 0 aliphatic carbocycles. The van der Waals surface area contributed by atoms with Crippen LogP contribution in [0.4, 0.5) is 0 Å². The minimum Gasteiger partial charge on any atom is -0.355 e. The summed E-state index contributed by atoms with van der Waals surface area (Å²) in [6.07, 6.45) is 2.70. The molecule has 2 atom stereocenters. The zero-order chi connectivity index (χ0) is 14.8. The second-order valence-corrected chi connectivity index (χ2v) is 5.12. The molecule has 0 aromatic rings. The van der Waals surface area contributed by atoms with E-state index in [-0.39, 0.29) is 30.3 Å². The Morgan fingerprint density at radius 1 is 1.21 bits per heavy atom. The molecule has 5 nitrogen and oxygen atoms in total. The normalized spacial score (nSPS) is 13.7. The van der Waals surface area contributed by atoms with Crippen LogP contribution >= 0.6 is 0 Å². The Bertz CT molecular complexity index is 280. The third-order valence-electron chi connectivity index (χ3n) is 3.12. The van der Waals surface area contributed by atoms with Gasteiger partial charge in [-0.05, 0) is 33.6 Å². The van der Waals surface area contributed by atoms with Crippen molar-refractivity contribution >= 4 is 11.8 Å². The van der Waals surface area contributed by atoms with Gasteiger partial charge in [0.2, 0.25) is 11.8 Å². The molecule has 19 heavy (non-hydrogen) atoms. The summed E-state index contributed by atoms with van der Waals surface area (Å²) in [5.74, 6) is -0.0907. The van der Waals surface area contributed by atoms with E-state index in [4.69, 9.17) is 5.73 Å². The molecule has 0 aromatic heterocycles. The number of amides is 2. The number of nitrogens with one attached hydrogen (secondary N) is 1. The summed E-state index contributed by atoms with van der Waals surface area (Å²) in [6, 6.07) is 0.180. The van der Waals surface area contributed by atoms with E-state index in [0.29, 0.717) is 13.1 Å². The van der Waals surface area contributed by atoms with Crippen molar-refractivity contribution in [2.75, 3.05) is 19.6 Å². The predicted octanol–water partition coefficient (Wildman–Crippen LogP) is 1.12. The Morgan fingerprint density at radius 2 is 1.84 bits per heavy atom. The van der Waals surface area contributed by atoms with Crippen LogP contribution in [0.1, 0.15) is 47.0 Å². The van der Waals surface area contributed by atoms with Crippen LogP contribution in [0.3, 0.4) is 0 Å². The lowest BCUT2D eigenvalue weighted by Gasteiger charge is -2.24. The highest BCUT2D eigenvalue weighted by molar-refractivity contribution is 5.85. The minimum absolute atomic E-state index is 0.0480. The number of hydrogen-bond donors (Lipinski definition) is 2. The van der Waals surface area contributed by atoms with Gasteiger partial charge in [-0.15, -0.1) is 0 Å². The summed E-state index contributed by atoms with van der Waals surface area (Å²) < 4.78 is 0. The Labute approximate surface area is 116 Å². The molecule has 2 unspecified atom stereocenters. The van der Waals surface area contributed by atoms with Gasteiger partial charge in [-0.1, -0.05) is 13.3 Å². The third kappa shape index (κ3) is 7.82. The fourth-order valence-corrected chi connectivity index (χ4v) is 1.95. The monoisotopic (exact) mass is 271 g/mol. The van der Waals surface area contributed by atoms with Crippen LogP contribution in [0.5, 0.6) is 0 Å². The highest BCUT2D eigenvalue weighted by atomic mass is 16.2. The molecule has 0 spiro atoms. The van der Waals surface area contributed by atoms with Gasteiger partial charge in [0.25, 0.3) is 0 Å². The average Bonchev–Trinajstić information content (AvgIpc) is 2.34. The molecule has 0 radical (unpaired) electrons. The van der Waals surface area contributed by atoms with Crippen molar-refractivity contribution in [3.63, 3.8) is 0 Å². The molecule has 112 valence electrons. The lowest BCUT2D eigenvalue weighted by Crippen LogP contribution is -2.42. The van der Waals surface area contributed by atoms with E-state index in [9.17, 15) is 9.59 Å². The fourth-order valence-electron chi connectivity index (χ4n) is 1.95. The van der Waals surface area contributed by atoms with Crippen LogP contribution in [-0.2, 0) is 9.59 Å². The first-order valence-electron chi connectivity index (χ1n) is 7.23. The lowest BCUT2D eigenvalue weighted by molar-refractivity contribution is -0.139. The molecule has 0 aromatic carbocycles. The van der Waals surface area contributed by atoms with Crippen LogP contribution in [0, 0.1) is 5.92 Å². The molecule has 5 heteroatoms. The molecule has 0 heterocycles. The van der Waals surface area contributed by atoms with Gasteiger partial charge in [0.15, 0.2) is 0 Å². The topological polar surface area (TPSA) is 75.4 Å². The molecular formula is C14H29N3O2. The van der Waals surface area contributed by atoms with Gasteiger partial charge in [0, 0.05) is 25.0 Å². The van der Waals surface area contributed by atoms with E-state index in [0.717, 1.165) is 19.3 Å². The summed E-state index contributed by atoms with van der Waals surface area (Å²) in [4.78, 5) is 25.3. The zero-order valence-electron chi connectivity index (χ0n) is 12.7. The van der Waals surface area contributed by atoms with Crippen LogP contribution in [0.15, 0.2) is 0 Å². The van der Waals surface area contributed by atoms with E-state index >= 15 is 0 Å². The first-order valence-corrected chi connectivity index (χ1v) is 7.23. The summed E-state index contributed by atoms with van der Waals surface area (Å²) in [5, 5.41) is 2.71. The van der Waals surface area contributed by atoms with Crippen molar-refractivity contribution in [3.8, 4) is 0 Å². The maximum Gasteiger partial charge on any atom is 0.239 e. The van der Waals surface area contributed by atoms with E-state index in [2.05, 4.69) is 5.32 Å². The van der Waals surface area contributed by atoms with Crippen LogP contribution in [0.25, 0.3) is 0 Å². The van der Waals surface area contributed by atoms with Crippen molar-refractivity contribution < 1.29 is 9.59 Å². The standard InChI is InChI=1S/C14H29N3O2/c1-5-16-13(18)10-17(6-2)14(19)11(3)8-7-9-12(4)15/h11-12H,5-10,15H2,1-4H3,(H,16,18). The molecule has 0 bridgehead atoms. The van der Waals surface area contributed by atoms with Gasteiger partial charge in [0.05, 0.1) is 6.54 Å². The summed E-state index contributed by atoms with van der Waals surface area (Å²) in [7, 11) is 0. The molecule has 3 N–H and O–H groups in total. The first-order chi connectivity index (χ1) is 8.92.